The minimum absolute atomic E-state index is 0.128. The van der Waals surface area contributed by atoms with Crippen LogP contribution in [0, 0.1) is 6.92 Å². The third kappa shape index (κ3) is 4.82. The minimum atomic E-state index is -3.62. The van der Waals surface area contributed by atoms with Crippen molar-refractivity contribution in [1.82, 2.24) is 9.71 Å². The fraction of sp³-hybridized carbons (Fsp3) is 0.143. The molecular weight excluding hydrogens is 374 g/mol. The van der Waals surface area contributed by atoms with Crippen LogP contribution in [0.3, 0.4) is 0 Å². The maximum Gasteiger partial charge on any atom is 0.240 e. The van der Waals surface area contributed by atoms with Gasteiger partial charge in [0.2, 0.25) is 15.9 Å². The second kappa shape index (κ2) is 8.33. The summed E-state index contributed by atoms with van der Waals surface area (Å²) in [5.74, 6) is -0.128. The zero-order valence-corrected chi connectivity index (χ0v) is 16.5. The summed E-state index contributed by atoms with van der Waals surface area (Å²) < 4.78 is 27.7. The molecule has 2 aromatic carbocycles. The lowest BCUT2D eigenvalue weighted by Gasteiger charge is -2.09. The molecule has 1 amide bonds. The molecule has 1 aromatic heterocycles. The van der Waals surface area contributed by atoms with E-state index in [1.54, 1.807) is 48.7 Å². The van der Waals surface area contributed by atoms with Gasteiger partial charge in [-0.05, 0) is 53.9 Å². The number of carbonyl (C=O) groups is 1. The van der Waals surface area contributed by atoms with Crippen molar-refractivity contribution >= 4 is 21.6 Å². The molecule has 0 aliphatic heterocycles. The van der Waals surface area contributed by atoms with Gasteiger partial charge >= 0.3 is 0 Å². The fourth-order valence-electron chi connectivity index (χ4n) is 2.74. The van der Waals surface area contributed by atoms with Crippen LogP contribution in [0.5, 0.6) is 0 Å². The molecule has 0 saturated heterocycles. The van der Waals surface area contributed by atoms with Crippen LogP contribution in [-0.4, -0.2) is 19.3 Å². The largest absolute Gasteiger partial charge is 0.326 e. The van der Waals surface area contributed by atoms with Gasteiger partial charge in [-0.1, -0.05) is 30.3 Å². The van der Waals surface area contributed by atoms with Crippen molar-refractivity contribution in [2.24, 2.45) is 0 Å². The molecule has 0 fully saturated rings. The summed E-state index contributed by atoms with van der Waals surface area (Å²) in [6, 6.07) is 17.7. The topological polar surface area (TPSA) is 88.2 Å². The Morgan fingerprint density at radius 3 is 2.14 bits per heavy atom. The van der Waals surface area contributed by atoms with E-state index >= 15 is 0 Å². The lowest BCUT2D eigenvalue weighted by molar-refractivity contribution is -0.114. The zero-order valence-electron chi connectivity index (χ0n) is 15.6. The van der Waals surface area contributed by atoms with Gasteiger partial charge in [-0.15, -0.1) is 0 Å². The quantitative estimate of drug-likeness (QED) is 0.669. The highest BCUT2D eigenvalue weighted by Crippen LogP contribution is 2.23. The molecule has 0 unspecified atom stereocenters. The standard InChI is InChI=1S/C21H21N3O3S/c1-15-19(4-3-13-22-15)14-23-28(26,27)21-11-7-18(8-12-21)17-5-9-20(10-6-17)24-16(2)25/h3-13,23H,14H2,1-2H3,(H,24,25). The van der Waals surface area contributed by atoms with Gasteiger partial charge in [-0.25, -0.2) is 13.1 Å². The fourth-order valence-corrected chi connectivity index (χ4v) is 3.74. The van der Waals surface area contributed by atoms with Crippen LogP contribution in [0.25, 0.3) is 11.1 Å². The first-order valence-electron chi connectivity index (χ1n) is 8.73. The summed E-state index contributed by atoms with van der Waals surface area (Å²) >= 11 is 0. The van der Waals surface area contributed by atoms with Gasteiger partial charge in [0.1, 0.15) is 0 Å². The van der Waals surface area contributed by atoms with E-state index in [9.17, 15) is 13.2 Å². The van der Waals surface area contributed by atoms with Crippen LogP contribution in [0.15, 0.2) is 71.8 Å². The van der Waals surface area contributed by atoms with Crippen LogP contribution in [0.1, 0.15) is 18.2 Å². The number of carbonyl (C=O) groups excluding carboxylic acids is 1. The summed E-state index contributed by atoms with van der Waals surface area (Å²) in [5, 5.41) is 2.71. The minimum Gasteiger partial charge on any atom is -0.326 e. The molecule has 3 rings (SSSR count). The summed E-state index contributed by atoms with van der Waals surface area (Å²) in [4.78, 5) is 15.4. The average molecular weight is 395 g/mol. The highest BCUT2D eigenvalue weighted by atomic mass is 32.2. The van der Waals surface area contributed by atoms with Crippen LogP contribution in [0.2, 0.25) is 0 Å². The molecule has 144 valence electrons. The van der Waals surface area contributed by atoms with Crippen molar-refractivity contribution in [2.45, 2.75) is 25.3 Å². The highest BCUT2D eigenvalue weighted by Gasteiger charge is 2.14. The maximum absolute atomic E-state index is 12.5. The second-order valence-electron chi connectivity index (χ2n) is 6.36. The second-order valence-corrected chi connectivity index (χ2v) is 8.12. The molecule has 0 saturated carbocycles. The van der Waals surface area contributed by atoms with Crippen molar-refractivity contribution in [1.29, 1.82) is 0 Å². The number of nitrogens with zero attached hydrogens (tertiary/aromatic N) is 1. The number of hydrogen-bond donors (Lipinski definition) is 2. The van der Waals surface area contributed by atoms with E-state index in [1.165, 1.54) is 6.92 Å². The lowest BCUT2D eigenvalue weighted by atomic mass is 10.1. The first kappa shape index (κ1) is 19.7. The molecule has 1 heterocycles. The number of pyridine rings is 1. The summed E-state index contributed by atoms with van der Waals surface area (Å²) in [6.45, 7) is 3.49. The normalized spacial score (nSPS) is 11.2. The van der Waals surface area contributed by atoms with Crippen molar-refractivity contribution in [2.75, 3.05) is 5.32 Å². The van der Waals surface area contributed by atoms with Crippen LogP contribution < -0.4 is 10.0 Å². The number of amides is 1. The Labute approximate surface area is 164 Å². The number of sulfonamides is 1. The van der Waals surface area contributed by atoms with Crippen molar-refractivity contribution in [3.8, 4) is 11.1 Å². The molecule has 0 spiro atoms. The summed E-state index contributed by atoms with van der Waals surface area (Å²) in [6.07, 6.45) is 1.68. The van der Waals surface area contributed by atoms with E-state index in [0.29, 0.717) is 5.69 Å². The number of aryl methyl sites for hydroxylation is 1. The third-order valence-electron chi connectivity index (χ3n) is 4.27. The predicted octanol–water partition coefficient (Wildman–Crippen LogP) is 3.49. The molecule has 0 aliphatic rings. The summed E-state index contributed by atoms with van der Waals surface area (Å²) in [5.41, 5.74) is 4.16. The number of aromatic nitrogens is 1. The molecule has 0 atom stereocenters. The van der Waals surface area contributed by atoms with Crippen molar-refractivity contribution in [3.05, 3.63) is 78.1 Å². The number of rotatable bonds is 6. The van der Waals surface area contributed by atoms with Crippen molar-refractivity contribution in [3.63, 3.8) is 0 Å². The first-order chi connectivity index (χ1) is 13.3. The van der Waals surface area contributed by atoms with Crippen LogP contribution in [-0.2, 0) is 21.4 Å². The third-order valence-corrected chi connectivity index (χ3v) is 5.69. The number of hydrogen-bond acceptors (Lipinski definition) is 4. The molecule has 7 heteroatoms. The van der Waals surface area contributed by atoms with Gasteiger partial charge in [0, 0.05) is 31.0 Å². The predicted molar refractivity (Wildman–Crippen MR) is 109 cm³/mol. The molecule has 0 bridgehead atoms. The Morgan fingerprint density at radius 2 is 1.57 bits per heavy atom. The van der Waals surface area contributed by atoms with E-state index in [0.717, 1.165) is 22.4 Å². The van der Waals surface area contributed by atoms with Crippen molar-refractivity contribution < 1.29 is 13.2 Å². The van der Waals surface area contributed by atoms with Gasteiger partial charge in [-0.2, -0.15) is 0 Å². The maximum atomic E-state index is 12.5. The Kier molecular flexibility index (Phi) is 5.87. The summed E-state index contributed by atoms with van der Waals surface area (Å²) in [7, 11) is -3.62. The lowest BCUT2D eigenvalue weighted by Crippen LogP contribution is -2.23. The molecule has 0 radical (unpaired) electrons. The Bertz CT molecular complexity index is 1080. The molecule has 6 nitrogen and oxygen atoms in total. The molecule has 3 aromatic rings. The number of anilines is 1. The smallest absolute Gasteiger partial charge is 0.240 e. The zero-order chi connectivity index (χ0) is 20.1. The van der Waals surface area contributed by atoms with Gasteiger partial charge in [-0.3, -0.25) is 9.78 Å². The molecule has 28 heavy (non-hydrogen) atoms. The SMILES string of the molecule is CC(=O)Nc1ccc(-c2ccc(S(=O)(=O)NCc3cccnc3C)cc2)cc1. The van der Waals surface area contributed by atoms with Gasteiger partial charge in [0.05, 0.1) is 4.90 Å². The van der Waals surface area contributed by atoms with E-state index in [4.69, 9.17) is 0 Å². The number of nitrogens with one attached hydrogen (secondary N) is 2. The number of benzene rings is 2. The average Bonchev–Trinajstić information content (AvgIpc) is 2.68. The first-order valence-corrected chi connectivity index (χ1v) is 10.2. The Morgan fingerprint density at radius 1 is 0.964 bits per heavy atom. The molecule has 0 aliphatic carbocycles. The van der Waals surface area contributed by atoms with Gasteiger partial charge < -0.3 is 5.32 Å². The van der Waals surface area contributed by atoms with Crippen LogP contribution >= 0.6 is 0 Å². The van der Waals surface area contributed by atoms with Gasteiger partial charge in [0.15, 0.2) is 0 Å². The molecule has 2 N–H and O–H groups in total. The van der Waals surface area contributed by atoms with Gasteiger partial charge in [0.25, 0.3) is 0 Å². The Balaban J connectivity index is 1.72. The van der Waals surface area contributed by atoms with Crippen LogP contribution in [0.4, 0.5) is 5.69 Å². The monoisotopic (exact) mass is 395 g/mol. The van der Waals surface area contributed by atoms with E-state index < -0.39 is 10.0 Å². The molecular formula is C21H21N3O3S. The van der Waals surface area contributed by atoms with E-state index in [2.05, 4.69) is 15.0 Å². The van der Waals surface area contributed by atoms with E-state index in [1.807, 2.05) is 25.1 Å². The highest BCUT2D eigenvalue weighted by molar-refractivity contribution is 7.89. The Hall–Kier alpha value is -3.03. The van der Waals surface area contributed by atoms with E-state index in [-0.39, 0.29) is 17.3 Å².